The molecule has 2 aliphatic rings. The van der Waals surface area contributed by atoms with Crippen molar-refractivity contribution < 1.29 is 4.39 Å². The maximum absolute atomic E-state index is 13.4. The first-order valence-corrected chi connectivity index (χ1v) is 9.64. The Bertz CT molecular complexity index is 1110. The zero-order valence-electron chi connectivity index (χ0n) is 16.2. The molecule has 5 N–H and O–H groups in total. The Morgan fingerprint density at radius 1 is 1.34 bits per heavy atom. The molecule has 0 radical (unpaired) electrons. The average molecular weight is 394 g/mol. The predicted octanol–water partition coefficient (Wildman–Crippen LogP) is 2.39. The number of aromatic amines is 2. The van der Waals surface area contributed by atoms with Crippen LogP contribution in [0.15, 0.2) is 47.7 Å². The molecule has 0 amide bonds. The third-order valence-corrected chi connectivity index (χ3v) is 5.73. The summed E-state index contributed by atoms with van der Waals surface area (Å²) in [7, 11) is 1.94. The maximum atomic E-state index is 13.4. The Labute approximate surface area is 167 Å². The van der Waals surface area contributed by atoms with E-state index in [1.807, 2.05) is 42.4 Å². The topological polar surface area (TPSA) is 111 Å². The van der Waals surface area contributed by atoms with Gasteiger partial charge < -0.3 is 15.2 Å². The molecular formula is C20H23FN8. The number of aromatic nitrogens is 4. The monoisotopic (exact) mass is 394 g/mol. The Kier molecular flexibility index (Phi) is 3.95. The molecule has 1 fully saturated rings. The number of hydrogen-bond donors (Lipinski definition) is 4. The molecule has 1 aliphatic carbocycles. The number of H-pyrrole nitrogens is 2. The number of nitrogens with zero attached hydrogens (tertiary/aromatic N) is 4. The minimum atomic E-state index is -1.12. The van der Waals surface area contributed by atoms with Crippen molar-refractivity contribution >= 4 is 17.0 Å². The number of rotatable bonds is 4. The van der Waals surface area contributed by atoms with Gasteiger partial charge in [0.2, 0.25) is 5.96 Å². The van der Waals surface area contributed by atoms with E-state index in [1.165, 1.54) is 0 Å². The predicted molar refractivity (Wildman–Crippen MR) is 109 cm³/mol. The average Bonchev–Trinajstić information content (AvgIpc) is 3.15. The Balaban J connectivity index is 1.40. The Hall–Kier alpha value is -3.20. The zero-order valence-corrected chi connectivity index (χ0v) is 16.2. The number of hydrogen-bond acceptors (Lipinski definition) is 6. The minimum absolute atomic E-state index is 0.0372. The van der Waals surface area contributed by atoms with Gasteiger partial charge in [-0.05, 0) is 43.7 Å². The van der Waals surface area contributed by atoms with Crippen LogP contribution in [0.5, 0.6) is 0 Å². The van der Waals surface area contributed by atoms with E-state index in [4.69, 9.17) is 15.7 Å². The van der Waals surface area contributed by atoms with E-state index < -0.39 is 11.8 Å². The first-order valence-electron chi connectivity index (χ1n) is 9.64. The van der Waals surface area contributed by atoms with E-state index in [0.29, 0.717) is 18.1 Å². The fraction of sp³-hybridized carbons (Fsp3) is 0.350. The smallest absolute Gasteiger partial charge is 0.200 e. The highest BCUT2D eigenvalue weighted by atomic mass is 19.1. The normalized spacial score (nSPS) is 26.8. The fourth-order valence-corrected chi connectivity index (χ4v) is 3.59. The molecule has 4 atom stereocenters. The fourth-order valence-electron chi connectivity index (χ4n) is 3.59. The molecule has 0 aromatic carbocycles. The highest BCUT2D eigenvalue weighted by Gasteiger charge is 2.41. The second kappa shape index (κ2) is 6.41. The van der Waals surface area contributed by atoms with Gasteiger partial charge in [0, 0.05) is 31.1 Å². The van der Waals surface area contributed by atoms with E-state index in [0.717, 1.165) is 22.4 Å². The number of halogens is 1. The number of fused-ring (bicyclic) bond motifs is 1. The lowest BCUT2D eigenvalue weighted by atomic mass is 10.1. The molecule has 0 spiro atoms. The molecule has 150 valence electrons. The summed E-state index contributed by atoms with van der Waals surface area (Å²) in [5, 5.41) is 10.4. The van der Waals surface area contributed by atoms with Gasteiger partial charge in [-0.15, -0.1) is 0 Å². The highest BCUT2D eigenvalue weighted by Crippen LogP contribution is 2.43. The Morgan fingerprint density at radius 3 is 2.97 bits per heavy atom. The van der Waals surface area contributed by atoms with Gasteiger partial charge in [0.15, 0.2) is 5.66 Å². The number of alkyl halides is 1. The largest absolute Gasteiger partial charge is 0.360 e. The van der Waals surface area contributed by atoms with Gasteiger partial charge in [0.05, 0.1) is 22.8 Å². The molecule has 0 saturated heterocycles. The van der Waals surface area contributed by atoms with Crippen LogP contribution in [0.4, 0.5) is 4.39 Å². The van der Waals surface area contributed by atoms with Crippen LogP contribution in [0.25, 0.3) is 11.0 Å². The van der Waals surface area contributed by atoms with Crippen molar-refractivity contribution in [3.05, 3.63) is 59.8 Å². The summed E-state index contributed by atoms with van der Waals surface area (Å²) in [5.41, 5.74) is 9.60. The molecular weight excluding hydrogens is 371 g/mol. The summed E-state index contributed by atoms with van der Waals surface area (Å²) >= 11 is 0. The summed E-state index contributed by atoms with van der Waals surface area (Å²) in [4.78, 5) is 14.6. The number of aliphatic imine (C=N–C) groups is 1. The van der Waals surface area contributed by atoms with Gasteiger partial charge >= 0.3 is 0 Å². The lowest BCUT2D eigenvalue weighted by Crippen LogP contribution is -2.46. The second-order valence-corrected chi connectivity index (χ2v) is 7.74. The van der Waals surface area contributed by atoms with Crippen LogP contribution in [-0.2, 0) is 5.66 Å². The summed E-state index contributed by atoms with van der Waals surface area (Å²) in [5.74, 6) is 0.504. The summed E-state index contributed by atoms with van der Waals surface area (Å²) < 4.78 is 13.4. The van der Waals surface area contributed by atoms with Crippen molar-refractivity contribution in [3.63, 3.8) is 0 Å². The molecule has 3 aromatic rings. The van der Waals surface area contributed by atoms with E-state index >= 15 is 0 Å². The molecule has 1 saturated carbocycles. The Morgan fingerprint density at radius 2 is 2.17 bits per heavy atom. The van der Waals surface area contributed by atoms with Gasteiger partial charge in [-0.1, -0.05) is 0 Å². The van der Waals surface area contributed by atoms with Crippen molar-refractivity contribution in [2.75, 3.05) is 7.05 Å². The standard InChI is InChI=1S/C20H23FN8/c1-11(14-3-4-15-16(25-14)5-7-23-15)29(2)19-24-8-6-20(22,26-19)18-10-17(27-28-18)12-9-13(12)21/h3-8,10-13,23H,9,22H2,1-2H3,(H,24,26)(H,27,28)/t11-,12-,13+,20?/m1/s1. The van der Waals surface area contributed by atoms with Crippen LogP contribution < -0.4 is 11.1 Å². The van der Waals surface area contributed by atoms with Gasteiger partial charge in [0.1, 0.15) is 11.9 Å². The van der Waals surface area contributed by atoms with E-state index in [9.17, 15) is 4.39 Å². The second-order valence-electron chi connectivity index (χ2n) is 7.74. The van der Waals surface area contributed by atoms with Crippen molar-refractivity contribution in [2.24, 2.45) is 10.7 Å². The third kappa shape index (κ3) is 3.07. The molecule has 4 heterocycles. The zero-order chi connectivity index (χ0) is 20.2. The summed E-state index contributed by atoms with van der Waals surface area (Å²) in [6, 6.07) is 7.74. The van der Waals surface area contributed by atoms with Crippen LogP contribution in [-0.4, -0.2) is 44.2 Å². The van der Waals surface area contributed by atoms with Crippen LogP contribution in [0.2, 0.25) is 0 Å². The highest BCUT2D eigenvalue weighted by molar-refractivity contribution is 5.83. The molecule has 9 heteroatoms. The van der Waals surface area contributed by atoms with Crippen molar-refractivity contribution in [1.29, 1.82) is 0 Å². The van der Waals surface area contributed by atoms with Crippen LogP contribution in [0.1, 0.15) is 42.4 Å². The maximum Gasteiger partial charge on any atom is 0.200 e. The van der Waals surface area contributed by atoms with E-state index in [-0.39, 0.29) is 12.0 Å². The lowest BCUT2D eigenvalue weighted by molar-refractivity contribution is 0.374. The van der Waals surface area contributed by atoms with Gasteiger partial charge in [-0.2, -0.15) is 5.10 Å². The number of pyridine rings is 1. The van der Waals surface area contributed by atoms with Crippen LogP contribution >= 0.6 is 0 Å². The quantitative estimate of drug-likeness (QED) is 0.543. The molecule has 0 bridgehead atoms. The van der Waals surface area contributed by atoms with Crippen molar-refractivity contribution in [2.45, 2.75) is 37.1 Å². The molecule has 29 heavy (non-hydrogen) atoms. The first kappa shape index (κ1) is 17.9. The molecule has 5 rings (SSSR count). The van der Waals surface area contributed by atoms with Crippen molar-refractivity contribution in [3.8, 4) is 0 Å². The van der Waals surface area contributed by atoms with Gasteiger partial charge in [0.25, 0.3) is 0 Å². The molecule has 1 aliphatic heterocycles. The number of nitrogens with one attached hydrogen (secondary N) is 3. The molecule has 3 aromatic heterocycles. The third-order valence-electron chi connectivity index (χ3n) is 5.73. The number of guanidine groups is 1. The van der Waals surface area contributed by atoms with Crippen molar-refractivity contribution in [1.82, 2.24) is 30.4 Å². The van der Waals surface area contributed by atoms with Gasteiger partial charge in [-0.3, -0.25) is 10.8 Å². The molecule has 8 nitrogen and oxygen atoms in total. The van der Waals surface area contributed by atoms with E-state index in [1.54, 1.807) is 12.3 Å². The van der Waals surface area contributed by atoms with Gasteiger partial charge in [-0.25, -0.2) is 14.4 Å². The molecule has 1 unspecified atom stereocenters. The van der Waals surface area contributed by atoms with E-state index in [2.05, 4.69) is 27.4 Å². The lowest BCUT2D eigenvalue weighted by Gasteiger charge is -2.32. The summed E-state index contributed by atoms with van der Waals surface area (Å²) in [6.07, 6.45) is 5.12. The van der Waals surface area contributed by atoms with Crippen LogP contribution in [0.3, 0.4) is 0 Å². The van der Waals surface area contributed by atoms with Crippen LogP contribution in [0, 0.1) is 0 Å². The SMILES string of the molecule is C[C@H](c1ccc2[nH]ccc2n1)N(C)C1=NC(N)(c2cc([C@@H]3C[C@@H]3F)[nH]n2)C=CN1. The minimum Gasteiger partial charge on any atom is -0.360 e. The number of nitrogens with two attached hydrogens (primary N) is 1. The summed E-state index contributed by atoms with van der Waals surface area (Å²) in [6.45, 7) is 2.06. The first-order chi connectivity index (χ1) is 13.9.